The Bertz CT molecular complexity index is 1190. The van der Waals surface area contributed by atoms with Crippen LogP contribution in [0.5, 0.6) is 0 Å². The third kappa shape index (κ3) is 3.29. The summed E-state index contributed by atoms with van der Waals surface area (Å²) in [5.41, 5.74) is 1.27. The third-order valence-electron chi connectivity index (χ3n) is 4.65. The monoisotopic (exact) mass is 402 g/mol. The van der Waals surface area contributed by atoms with Crippen LogP contribution in [0.3, 0.4) is 0 Å². The van der Waals surface area contributed by atoms with Crippen molar-refractivity contribution >= 4 is 32.7 Å². The molecule has 9 heteroatoms. The van der Waals surface area contributed by atoms with E-state index in [1.165, 1.54) is 26.2 Å². The number of para-hydroxylation sites is 1. The van der Waals surface area contributed by atoms with Crippen LogP contribution >= 0.6 is 0 Å². The van der Waals surface area contributed by atoms with Crippen LogP contribution in [0.15, 0.2) is 58.2 Å². The second-order valence-corrected chi connectivity index (χ2v) is 8.55. The zero-order valence-corrected chi connectivity index (χ0v) is 17.0. The van der Waals surface area contributed by atoms with Gasteiger partial charge in [0.05, 0.1) is 21.6 Å². The summed E-state index contributed by atoms with van der Waals surface area (Å²) in [5, 5.41) is 0. The van der Waals surface area contributed by atoms with Crippen molar-refractivity contribution in [2.75, 3.05) is 24.9 Å². The van der Waals surface area contributed by atoms with Gasteiger partial charge in [0.1, 0.15) is 6.54 Å². The van der Waals surface area contributed by atoms with Crippen molar-refractivity contribution in [3.63, 3.8) is 0 Å². The van der Waals surface area contributed by atoms with E-state index in [-0.39, 0.29) is 23.0 Å². The molecule has 0 N–H and O–H groups in total. The number of carbonyl (C=O) groups excluding carboxylic acids is 1. The molecule has 3 aromatic rings. The summed E-state index contributed by atoms with van der Waals surface area (Å²) in [4.78, 5) is 25.8. The largest absolute Gasteiger partial charge is 0.347 e. The minimum absolute atomic E-state index is 0.0107. The van der Waals surface area contributed by atoms with E-state index in [9.17, 15) is 18.0 Å². The maximum atomic E-state index is 13.4. The number of benzene rings is 2. The number of hydrogen-bond donors (Lipinski definition) is 0. The lowest BCUT2D eigenvalue weighted by Gasteiger charge is -2.25. The molecule has 1 amide bonds. The van der Waals surface area contributed by atoms with Gasteiger partial charge in [0, 0.05) is 28.2 Å². The molecule has 2 aromatic carbocycles. The summed E-state index contributed by atoms with van der Waals surface area (Å²) in [6, 6.07) is 13.0. The van der Waals surface area contributed by atoms with Gasteiger partial charge in [0.15, 0.2) is 0 Å². The van der Waals surface area contributed by atoms with Crippen LogP contribution in [0.4, 0.5) is 5.69 Å². The molecule has 0 saturated heterocycles. The van der Waals surface area contributed by atoms with Crippen molar-refractivity contribution in [2.24, 2.45) is 14.1 Å². The minimum atomic E-state index is -4.03. The van der Waals surface area contributed by atoms with Gasteiger partial charge in [-0.1, -0.05) is 18.2 Å². The van der Waals surface area contributed by atoms with E-state index >= 15 is 0 Å². The highest BCUT2D eigenvalue weighted by atomic mass is 32.2. The van der Waals surface area contributed by atoms with E-state index in [0.717, 1.165) is 4.31 Å². The van der Waals surface area contributed by atoms with Gasteiger partial charge < -0.3 is 4.90 Å². The molecule has 0 atom stereocenters. The van der Waals surface area contributed by atoms with Crippen LogP contribution in [-0.4, -0.2) is 49.0 Å². The number of aromatic nitrogens is 2. The van der Waals surface area contributed by atoms with Crippen molar-refractivity contribution in [1.82, 2.24) is 14.0 Å². The number of anilines is 1. The second-order valence-electron chi connectivity index (χ2n) is 6.69. The summed E-state index contributed by atoms with van der Waals surface area (Å²) < 4.78 is 30.7. The zero-order chi connectivity index (χ0) is 20.6. The van der Waals surface area contributed by atoms with E-state index < -0.39 is 10.0 Å². The van der Waals surface area contributed by atoms with Crippen LogP contribution in [0.2, 0.25) is 0 Å². The number of aryl methyl sites for hydroxylation is 2. The molecule has 0 spiro atoms. The van der Waals surface area contributed by atoms with E-state index in [0.29, 0.717) is 16.7 Å². The molecule has 0 aliphatic rings. The molecule has 0 bridgehead atoms. The second kappa shape index (κ2) is 7.16. The molecule has 0 unspecified atom stereocenters. The zero-order valence-electron chi connectivity index (χ0n) is 16.2. The van der Waals surface area contributed by atoms with Crippen molar-refractivity contribution in [2.45, 2.75) is 4.90 Å². The van der Waals surface area contributed by atoms with E-state index in [1.807, 2.05) is 0 Å². The first kappa shape index (κ1) is 19.7. The van der Waals surface area contributed by atoms with Gasteiger partial charge in [-0.05, 0) is 30.3 Å². The van der Waals surface area contributed by atoms with E-state index in [1.54, 1.807) is 64.6 Å². The minimum Gasteiger partial charge on any atom is -0.347 e. The molecule has 1 aromatic heterocycles. The van der Waals surface area contributed by atoms with Gasteiger partial charge >= 0.3 is 5.69 Å². The Morgan fingerprint density at radius 1 is 0.964 bits per heavy atom. The lowest BCUT2D eigenvalue weighted by Crippen LogP contribution is -2.40. The lowest BCUT2D eigenvalue weighted by molar-refractivity contribution is -0.127. The smallest absolute Gasteiger partial charge is 0.328 e. The molecule has 0 fully saturated rings. The lowest BCUT2D eigenvalue weighted by atomic mass is 10.3. The van der Waals surface area contributed by atoms with Crippen LogP contribution < -0.4 is 9.99 Å². The molecule has 28 heavy (non-hydrogen) atoms. The molecule has 0 radical (unpaired) electrons. The number of carbonyl (C=O) groups is 1. The van der Waals surface area contributed by atoms with Crippen molar-refractivity contribution in [1.29, 1.82) is 0 Å². The number of rotatable bonds is 5. The summed E-state index contributed by atoms with van der Waals surface area (Å²) in [7, 11) is 2.33. The Labute approximate surface area is 163 Å². The number of hydrogen-bond acceptors (Lipinski definition) is 4. The topological polar surface area (TPSA) is 84.6 Å². The normalized spacial score (nSPS) is 11.6. The first-order valence-electron chi connectivity index (χ1n) is 8.58. The summed E-state index contributed by atoms with van der Waals surface area (Å²) in [5.74, 6) is -0.347. The fourth-order valence-electron chi connectivity index (χ4n) is 2.95. The number of likely N-dealkylation sites (N-methyl/N-ethyl adjacent to an activating group) is 1. The average Bonchev–Trinajstić information content (AvgIpc) is 2.90. The maximum absolute atomic E-state index is 13.4. The Kier molecular flexibility index (Phi) is 5.03. The highest BCUT2D eigenvalue weighted by molar-refractivity contribution is 7.92. The van der Waals surface area contributed by atoms with Gasteiger partial charge in [-0.3, -0.25) is 18.2 Å². The molecule has 0 aliphatic heterocycles. The first-order chi connectivity index (χ1) is 13.1. The number of fused-ring (bicyclic) bond motifs is 1. The Hall–Kier alpha value is -3.07. The van der Waals surface area contributed by atoms with E-state index in [4.69, 9.17) is 0 Å². The van der Waals surface area contributed by atoms with Crippen molar-refractivity contribution < 1.29 is 13.2 Å². The number of imidazole rings is 1. The van der Waals surface area contributed by atoms with Crippen LogP contribution in [0.25, 0.3) is 11.0 Å². The number of nitrogens with zero attached hydrogens (tertiary/aromatic N) is 4. The molecule has 148 valence electrons. The predicted octanol–water partition coefficient (Wildman–Crippen LogP) is 1.16. The summed E-state index contributed by atoms with van der Waals surface area (Å²) in [6.45, 7) is -0.328. The van der Waals surface area contributed by atoms with Gasteiger partial charge in [0.25, 0.3) is 10.0 Å². The fourth-order valence-corrected chi connectivity index (χ4v) is 4.38. The predicted molar refractivity (Wildman–Crippen MR) is 108 cm³/mol. The van der Waals surface area contributed by atoms with Crippen LogP contribution in [-0.2, 0) is 28.9 Å². The molecule has 3 rings (SSSR count). The van der Waals surface area contributed by atoms with Gasteiger partial charge in [-0.15, -0.1) is 0 Å². The average molecular weight is 402 g/mol. The maximum Gasteiger partial charge on any atom is 0.328 e. The standard InChI is InChI=1S/C19H22N4O4S/c1-20(2)18(24)13-23(14-8-6-5-7-9-14)28(26,27)15-10-11-16-17(12-15)22(4)19(25)21(16)3/h5-12H,13H2,1-4H3. The van der Waals surface area contributed by atoms with Crippen LogP contribution in [0.1, 0.15) is 0 Å². The summed E-state index contributed by atoms with van der Waals surface area (Å²) >= 11 is 0. The molecule has 8 nitrogen and oxygen atoms in total. The van der Waals surface area contributed by atoms with Crippen LogP contribution in [0, 0.1) is 0 Å². The number of amides is 1. The SMILES string of the molecule is CN(C)C(=O)CN(c1ccccc1)S(=O)(=O)c1ccc2c(c1)n(C)c(=O)n2C. The van der Waals surface area contributed by atoms with Gasteiger partial charge in [0.2, 0.25) is 5.91 Å². The van der Waals surface area contributed by atoms with Gasteiger partial charge in [-0.25, -0.2) is 13.2 Å². The van der Waals surface area contributed by atoms with E-state index in [2.05, 4.69) is 0 Å². The Morgan fingerprint density at radius 2 is 1.57 bits per heavy atom. The summed E-state index contributed by atoms with van der Waals surface area (Å²) in [6.07, 6.45) is 0. The first-order valence-corrected chi connectivity index (χ1v) is 10.0. The molecular formula is C19H22N4O4S. The van der Waals surface area contributed by atoms with Crippen molar-refractivity contribution in [3.05, 3.63) is 59.0 Å². The highest BCUT2D eigenvalue weighted by Crippen LogP contribution is 2.25. The Morgan fingerprint density at radius 3 is 2.18 bits per heavy atom. The third-order valence-corrected chi connectivity index (χ3v) is 6.42. The molecule has 1 heterocycles. The van der Waals surface area contributed by atoms with Crippen molar-refractivity contribution in [3.8, 4) is 0 Å². The quantitative estimate of drug-likeness (QED) is 0.641. The highest BCUT2D eigenvalue weighted by Gasteiger charge is 2.28. The fraction of sp³-hybridized carbons (Fsp3) is 0.263. The Balaban J connectivity index is 2.16. The van der Waals surface area contributed by atoms with Gasteiger partial charge in [-0.2, -0.15) is 0 Å². The molecule has 0 aliphatic carbocycles. The molecular weight excluding hydrogens is 380 g/mol. The molecule has 0 saturated carbocycles. The number of sulfonamides is 1.